The smallest absolute Gasteiger partial charge is 0.132 e. The second kappa shape index (κ2) is 6.04. The van der Waals surface area contributed by atoms with Crippen LogP contribution in [0.1, 0.15) is 35.2 Å². The van der Waals surface area contributed by atoms with Crippen molar-refractivity contribution in [3.05, 3.63) is 57.4 Å². The van der Waals surface area contributed by atoms with Gasteiger partial charge in [0.1, 0.15) is 17.3 Å². The normalized spacial score (nSPS) is 12.3. The molecule has 0 aliphatic rings. The molecular weight excluding hydrogens is 289 g/mol. The third-order valence-electron chi connectivity index (χ3n) is 3.42. The van der Waals surface area contributed by atoms with Gasteiger partial charge in [0.2, 0.25) is 0 Å². The van der Waals surface area contributed by atoms with Crippen molar-refractivity contribution in [1.82, 2.24) is 0 Å². The summed E-state index contributed by atoms with van der Waals surface area (Å²) in [6.45, 7) is 7.34. The first-order valence-corrected chi connectivity index (χ1v) is 7.17. The maximum Gasteiger partial charge on any atom is 0.132 e. The summed E-state index contributed by atoms with van der Waals surface area (Å²) in [7, 11) is 0. The maximum absolute atomic E-state index is 13.7. The minimum Gasteiger partial charge on any atom is -0.457 e. The zero-order valence-corrected chi connectivity index (χ0v) is 13.4. The third-order valence-corrected chi connectivity index (χ3v) is 4.02. The van der Waals surface area contributed by atoms with Gasteiger partial charge in [0.15, 0.2) is 0 Å². The molecule has 0 fully saturated rings. The highest BCUT2D eigenvalue weighted by Gasteiger charge is 2.14. The van der Waals surface area contributed by atoms with Gasteiger partial charge in [-0.3, -0.25) is 0 Å². The van der Waals surface area contributed by atoms with Gasteiger partial charge in [-0.15, -0.1) is 0 Å². The minimum atomic E-state index is -0.315. The molecule has 1 atom stereocenters. The highest BCUT2D eigenvalue weighted by Crippen LogP contribution is 2.33. The molecule has 2 N–H and O–H groups in total. The molecular formula is C17H19ClFNO. The van der Waals surface area contributed by atoms with Crippen LogP contribution in [0.25, 0.3) is 0 Å². The van der Waals surface area contributed by atoms with E-state index in [0.29, 0.717) is 22.6 Å². The summed E-state index contributed by atoms with van der Waals surface area (Å²) in [5.41, 5.74) is 8.95. The van der Waals surface area contributed by atoms with E-state index in [2.05, 4.69) is 0 Å². The Kier molecular flexibility index (Phi) is 4.55. The molecule has 0 aromatic heterocycles. The number of benzene rings is 2. The molecule has 4 heteroatoms. The van der Waals surface area contributed by atoms with Gasteiger partial charge >= 0.3 is 0 Å². The lowest BCUT2D eigenvalue weighted by molar-refractivity contribution is 0.467. The Labute approximate surface area is 129 Å². The molecule has 2 aromatic rings. The van der Waals surface area contributed by atoms with Crippen molar-refractivity contribution in [1.29, 1.82) is 0 Å². The van der Waals surface area contributed by atoms with Gasteiger partial charge in [0, 0.05) is 16.6 Å². The summed E-state index contributed by atoms with van der Waals surface area (Å²) in [5.74, 6) is 0.963. The van der Waals surface area contributed by atoms with E-state index in [1.807, 2.05) is 26.0 Å². The van der Waals surface area contributed by atoms with Crippen molar-refractivity contribution in [3.63, 3.8) is 0 Å². The molecule has 2 aromatic carbocycles. The van der Waals surface area contributed by atoms with E-state index in [9.17, 15) is 4.39 Å². The number of halogens is 2. The number of hydrogen-bond acceptors (Lipinski definition) is 2. The third kappa shape index (κ3) is 3.36. The Morgan fingerprint density at radius 2 is 1.62 bits per heavy atom. The molecule has 0 saturated heterocycles. The highest BCUT2D eigenvalue weighted by molar-refractivity contribution is 6.32. The van der Waals surface area contributed by atoms with Crippen molar-refractivity contribution in [3.8, 4) is 11.5 Å². The van der Waals surface area contributed by atoms with Crippen LogP contribution >= 0.6 is 11.6 Å². The average Bonchev–Trinajstić information content (AvgIpc) is 2.39. The Hall–Kier alpha value is -1.58. The molecule has 112 valence electrons. The van der Waals surface area contributed by atoms with E-state index in [0.717, 1.165) is 16.1 Å². The van der Waals surface area contributed by atoms with Crippen LogP contribution in [0, 0.1) is 26.6 Å². The number of ether oxygens (including phenoxy) is 1. The Bertz CT molecular complexity index is 660. The van der Waals surface area contributed by atoms with Crippen molar-refractivity contribution in [2.24, 2.45) is 5.73 Å². The summed E-state index contributed by atoms with van der Waals surface area (Å²) < 4.78 is 19.6. The van der Waals surface area contributed by atoms with Crippen LogP contribution in [-0.4, -0.2) is 0 Å². The summed E-state index contributed by atoms with van der Waals surface area (Å²) in [4.78, 5) is 0. The lowest BCUT2D eigenvalue weighted by atomic mass is 10.0. The number of nitrogens with two attached hydrogens (primary N) is 1. The molecule has 0 aliphatic carbocycles. The van der Waals surface area contributed by atoms with Gasteiger partial charge in [-0.1, -0.05) is 11.6 Å². The van der Waals surface area contributed by atoms with E-state index >= 15 is 0 Å². The Balaban J connectivity index is 2.46. The van der Waals surface area contributed by atoms with Crippen LogP contribution in [0.3, 0.4) is 0 Å². The van der Waals surface area contributed by atoms with Crippen LogP contribution in [-0.2, 0) is 0 Å². The standard InChI is InChI=1S/C17H19ClFNO/c1-9-7-16(14(12(4)20)8-15(9)19)21-13-5-10(2)17(18)11(3)6-13/h5-8,12H,20H2,1-4H3/t12-/m1/s1. The average molecular weight is 308 g/mol. The van der Waals surface area contributed by atoms with Crippen LogP contribution in [0.15, 0.2) is 24.3 Å². The summed E-state index contributed by atoms with van der Waals surface area (Å²) in [6, 6.07) is 6.51. The molecule has 2 rings (SSSR count). The predicted octanol–water partition coefficient (Wildman–Crippen LogP) is 5.22. The van der Waals surface area contributed by atoms with Gasteiger partial charge in [0.05, 0.1) is 0 Å². The van der Waals surface area contributed by atoms with E-state index < -0.39 is 0 Å². The number of aryl methyl sites for hydroxylation is 3. The van der Waals surface area contributed by atoms with Crippen molar-refractivity contribution in [2.75, 3.05) is 0 Å². The van der Waals surface area contributed by atoms with Crippen LogP contribution < -0.4 is 10.5 Å². The van der Waals surface area contributed by atoms with Gasteiger partial charge in [-0.25, -0.2) is 4.39 Å². The first kappa shape index (κ1) is 15.8. The molecule has 0 unspecified atom stereocenters. The fraction of sp³-hybridized carbons (Fsp3) is 0.294. The lowest BCUT2D eigenvalue weighted by Gasteiger charge is -2.16. The van der Waals surface area contributed by atoms with Gasteiger partial charge in [-0.05, 0) is 68.7 Å². The molecule has 0 heterocycles. The van der Waals surface area contributed by atoms with Crippen molar-refractivity contribution < 1.29 is 9.13 Å². The minimum absolute atomic E-state index is 0.280. The van der Waals surface area contributed by atoms with Gasteiger partial charge in [0.25, 0.3) is 0 Å². The maximum atomic E-state index is 13.7. The SMILES string of the molecule is Cc1cc(Oc2cc(C)c(Cl)c(C)c2)c([C@@H](C)N)cc1F. The predicted molar refractivity (Wildman–Crippen MR) is 84.7 cm³/mol. The Morgan fingerprint density at radius 3 is 2.14 bits per heavy atom. The Morgan fingerprint density at radius 1 is 1.05 bits per heavy atom. The molecule has 0 saturated carbocycles. The molecule has 0 spiro atoms. The second-order valence-electron chi connectivity index (χ2n) is 5.40. The van der Waals surface area contributed by atoms with Crippen molar-refractivity contribution >= 4 is 11.6 Å². The van der Waals surface area contributed by atoms with Gasteiger partial charge < -0.3 is 10.5 Å². The monoisotopic (exact) mass is 307 g/mol. The quantitative estimate of drug-likeness (QED) is 0.844. The zero-order valence-electron chi connectivity index (χ0n) is 12.6. The summed E-state index contributed by atoms with van der Waals surface area (Å²) in [5, 5.41) is 0.727. The molecule has 0 aliphatic heterocycles. The largest absolute Gasteiger partial charge is 0.457 e. The summed E-state index contributed by atoms with van der Waals surface area (Å²) in [6.07, 6.45) is 0. The molecule has 0 radical (unpaired) electrons. The second-order valence-corrected chi connectivity index (χ2v) is 5.78. The van der Waals surface area contributed by atoms with Crippen molar-refractivity contribution in [2.45, 2.75) is 33.7 Å². The molecule has 0 bridgehead atoms. The molecule has 2 nitrogen and oxygen atoms in total. The number of hydrogen-bond donors (Lipinski definition) is 1. The number of rotatable bonds is 3. The van der Waals surface area contributed by atoms with Crippen LogP contribution in [0.2, 0.25) is 5.02 Å². The van der Waals surface area contributed by atoms with E-state index in [-0.39, 0.29) is 11.9 Å². The fourth-order valence-electron chi connectivity index (χ4n) is 2.21. The first-order chi connectivity index (χ1) is 9.79. The topological polar surface area (TPSA) is 35.2 Å². The summed E-state index contributed by atoms with van der Waals surface area (Å²) >= 11 is 6.16. The van der Waals surface area contributed by atoms with Crippen LogP contribution in [0.5, 0.6) is 11.5 Å². The zero-order chi connectivity index (χ0) is 15.7. The van der Waals surface area contributed by atoms with Gasteiger partial charge in [-0.2, -0.15) is 0 Å². The van der Waals surface area contributed by atoms with Crippen LogP contribution in [0.4, 0.5) is 4.39 Å². The lowest BCUT2D eigenvalue weighted by Crippen LogP contribution is -2.08. The van der Waals surface area contributed by atoms with E-state index in [1.165, 1.54) is 6.07 Å². The van der Waals surface area contributed by atoms with E-state index in [4.69, 9.17) is 22.1 Å². The molecule has 0 amide bonds. The van der Waals surface area contributed by atoms with E-state index in [1.54, 1.807) is 19.9 Å². The highest BCUT2D eigenvalue weighted by atomic mass is 35.5. The fourth-order valence-corrected chi connectivity index (χ4v) is 2.32. The first-order valence-electron chi connectivity index (χ1n) is 6.79. The molecule has 21 heavy (non-hydrogen) atoms.